The minimum Gasteiger partial charge on any atom is -0.487 e. The molecular weight excluding hydrogens is 469 g/mol. The minimum absolute atomic E-state index is 0.0445. The molecule has 0 radical (unpaired) electrons. The van der Waals surface area contributed by atoms with Crippen LogP contribution >= 0.6 is 0 Å². The van der Waals surface area contributed by atoms with Gasteiger partial charge in [-0.25, -0.2) is 17.2 Å². The van der Waals surface area contributed by atoms with Crippen LogP contribution in [0.4, 0.5) is 22.0 Å². The lowest BCUT2D eigenvalue weighted by Gasteiger charge is -2.27. The number of benzene rings is 2. The number of fused-ring (bicyclic) bond motifs is 1. The summed E-state index contributed by atoms with van der Waals surface area (Å²) in [4.78, 5) is -0.254. The molecule has 0 aliphatic carbocycles. The fourth-order valence-electron chi connectivity index (χ4n) is 3.69. The summed E-state index contributed by atoms with van der Waals surface area (Å²) >= 11 is 0. The Bertz CT molecular complexity index is 1270. The second kappa shape index (κ2) is 8.41. The Kier molecular flexibility index (Phi) is 5.91. The molecule has 6 nitrogen and oxygen atoms in total. The first kappa shape index (κ1) is 23.2. The lowest BCUT2D eigenvalue weighted by atomic mass is 10.1. The highest BCUT2D eigenvalue weighted by atomic mass is 32.2. The Morgan fingerprint density at radius 3 is 2.30 bits per heavy atom. The number of hydrogen-bond donors (Lipinski definition) is 0. The molecule has 1 aromatic heterocycles. The third kappa shape index (κ3) is 4.71. The first-order valence-corrected chi connectivity index (χ1v) is 11.2. The van der Waals surface area contributed by atoms with Crippen molar-refractivity contribution in [3.05, 3.63) is 76.6 Å². The van der Waals surface area contributed by atoms with Crippen molar-refractivity contribution in [3.63, 3.8) is 0 Å². The van der Waals surface area contributed by atoms with Gasteiger partial charge in [-0.1, -0.05) is 0 Å². The second-order valence-corrected chi connectivity index (χ2v) is 9.44. The standard InChI is InChI=1S/C21H18F5N3O3S/c1-28-20-6-7-29(33(30,31)17-4-2-13(3-5-17)21(24,25)26)11-18(20)19(27-28)12-32-16-9-14(22)8-15(23)10-16/h2-5,8-10H,6-7,11-12H2,1H3. The van der Waals surface area contributed by atoms with Gasteiger partial charge in [0.15, 0.2) is 0 Å². The molecule has 4 rings (SSSR count). The largest absolute Gasteiger partial charge is 0.487 e. The topological polar surface area (TPSA) is 64.4 Å². The van der Waals surface area contributed by atoms with Crippen molar-refractivity contribution >= 4 is 10.0 Å². The number of ether oxygens (including phenoxy) is 1. The van der Waals surface area contributed by atoms with E-state index < -0.39 is 33.4 Å². The Balaban J connectivity index is 1.56. The van der Waals surface area contributed by atoms with Crippen molar-refractivity contribution in [1.82, 2.24) is 14.1 Å². The van der Waals surface area contributed by atoms with Crippen molar-refractivity contribution < 1.29 is 35.1 Å². The quantitative estimate of drug-likeness (QED) is 0.510. The Morgan fingerprint density at radius 2 is 1.70 bits per heavy atom. The Hall–Kier alpha value is -2.99. The maximum atomic E-state index is 13.4. The molecular formula is C21H18F5N3O3S. The summed E-state index contributed by atoms with van der Waals surface area (Å²) in [6.45, 7) is -0.103. The fraction of sp³-hybridized carbons (Fsp3) is 0.286. The van der Waals surface area contributed by atoms with Crippen molar-refractivity contribution in [2.45, 2.75) is 30.6 Å². The van der Waals surface area contributed by atoms with Crippen LogP contribution in [0.3, 0.4) is 0 Å². The minimum atomic E-state index is -4.57. The Morgan fingerprint density at radius 1 is 1.06 bits per heavy atom. The first-order valence-electron chi connectivity index (χ1n) is 9.75. The number of nitrogens with zero attached hydrogens (tertiary/aromatic N) is 3. The van der Waals surface area contributed by atoms with E-state index in [1.165, 1.54) is 0 Å². The molecule has 1 aliphatic rings. The highest BCUT2D eigenvalue weighted by Crippen LogP contribution is 2.32. The lowest BCUT2D eigenvalue weighted by Crippen LogP contribution is -2.36. The molecule has 2 heterocycles. The van der Waals surface area contributed by atoms with E-state index in [-0.39, 0.29) is 30.3 Å². The molecule has 0 saturated heterocycles. The van der Waals surface area contributed by atoms with Crippen LogP contribution < -0.4 is 4.74 Å². The van der Waals surface area contributed by atoms with Crippen molar-refractivity contribution in [1.29, 1.82) is 0 Å². The SMILES string of the molecule is Cn1nc(COc2cc(F)cc(F)c2)c2c1CCN(S(=O)(=O)c1ccc(C(F)(F)F)cc1)C2. The predicted molar refractivity (Wildman–Crippen MR) is 107 cm³/mol. The fourth-order valence-corrected chi connectivity index (χ4v) is 5.10. The van der Waals surface area contributed by atoms with Gasteiger partial charge in [0.05, 0.1) is 10.5 Å². The van der Waals surface area contributed by atoms with E-state index in [2.05, 4.69) is 5.10 Å². The van der Waals surface area contributed by atoms with Crippen LogP contribution in [0.1, 0.15) is 22.5 Å². The van der Waals surface area contributed by atoms with E-state index in [0.717, 1.165) is 46.4 Å². The molecule has 0 spiro atoms. The maximum Gasteiger partial charge on any atom is 0.416 e. The van der Waals surface area contributed by atoms with E-state index in [1.807, 2.05) is 0 Å². The third-order valence-electron chi connectivity index (χ3n) is 5.32. The molecule has 0 atom stereocenters. The zero-order valence-corrected chi connectivity index (χ0v) is 18.1. The predicted octanol–water partition coefficient (Wildman–Crippen LogP) is 4.04. The van der Waals surface area contributed by atoms with Crippen LogP contribution in [0.5, 0.6) is 5.75 Å². The van der Waals surface area contributed by atoms with Gasteiger partial charge in [-0.15, -0.1) is 0 Å². The van der Waals surface area contributed by atoms with E-state index in [9.17, 15) is 30.4 Å². The van der Waals surface area contributed by atoms with Crippen LogP contribution in [0.15, 0.2) is 47.4 Å². The first-order chi connectivity index (χ1) is 15.4. The number of aromatic nitrogens is 2. The molecule has 0 amide bonds. The van der Waals surface area contributed by atoms with Crippen LogP contribution in [0.2, 0.25) is 0 Å². The van der Waals surface area contributed by atoms with Gasteiger partial charge < -0.3 is 4.74 Å². The van der Waals surface area contributed by atoms with Crippen LogP contribution in [0, 0.1) is 11.6 Å². The molecule has 1 aliphatic heterocycles. The smallest absolute Gasteiger partial charge is 0.416 e. The number of hydrogen-bond acceptors (Lipinski definition) is 4. The molecule has 33 heavy (non-hydrogen) atoms. The maximum absolute atomic E-state index is 13.4. The molecule has 2 aromatic carbocycles. The van der Waals surface area contributed by atoms with Gasteiger partial charge in [0, 0.05) is 56.0 Å². The molecule has 3 aromatic rings. The molecule has 0 unspecified atom stereocenters. The summed E-state index contributed by atoms with van der Waals surface area (Å²) in [5.74, 6) is -1.65. The van der Waals surface area contributed by atoms with Crippen molar-refractivity contribution in [3.8, 4) is 5.75 Å². The molecule has 0 N–H and O–H groups in total. The van der Waals surface area contributed by atoms with Crippen molar-refractivity contribution in [2.75, 3.05) is 6.54 Å². The highest BCUT2D eigenvalue weighted by Gasteiger charge is 2.34. The zero-order valence-electron chi connectivity index (χ0n) is 17.2. The average Bonchev–Trinajstić information content (AvgIpc) is 3.06. The van der Waals surface area contributed by atoms with E-state index in [1.54, 1.807) is 11.7 Å². The number of rotatable bonds is 5. The van der Waals surface area contributed by atoms with Crippen LogP contribution in [0.25, 0.3) is 0 Å². The third-order valence-corrected chi connectivity index (χ3v) is 7.18. The zero-order chi connectivity index (χ0) is 24.0. The summed E-state index contributed by atoms with van der Waals surface area (Å²) < 4.78 is 99.4. The summed E-state index contributed by atoms with van der Waals surface area (Å²) in [6.07, 6.45) is -4.25. The molecule has 12 heteroatoms. The number of halogens is 5. The summed E-state index contributed by atoms with van der Waals surface area (Å²) in [7, 11) is -2.38. The number of alkyl halides is 3. The average molecular weight is 487 g/mol. The van der Waals surface area contributed by atoms with Crippen molar-refractivity contribution in [2.24, 2.45) is 7.05 Å². The van der Waals surface area contributed by atoms with Gasteiger partial charge in [-0.3, -0.25) is 4.68 Å². The van der Waals surface area contributed by atoms with Crippen LogP contribution in [-0.4, -0.2) is 29.0 Å². The summed E-state index contributed by atoms with van der Waals surface area (Å²) in [5, 5.41) is 4.34. The van der Waals surface area contributed by atoms with Gasteiger partial charge in [-0.2, -0.15) is 22.6 Å². The van der Waals surface area contributed by atoms with E-state index >= 15 is 0 Å². The number of aryl methyl sites for hydroxylation is 1. The molecule has 176 valence electrons. The van der Waals surface area contributed by atoms with Gasteiger partial charge in [0.25, 0.3) is 0 Å². The molecule has 0 bridgehead atoms. The highest BCUT2D eigenvalue weighted by molar-refractivity contribution is 7.89. The van der Waals surface area contributed by atoms with Gasteiger partial charge in [0.1, 0.15) is 29.7 Å². The Labute approximate surface area is 186 Å². The van der Waals surface area contributed by atoms with E-state index in [4.69, 9.17) is 4.74 Å². The number of sulfonamides is 1. The van der Waals surface area contributed by atoms with E-state index in [0.29, 0.717) is 23.7 Å². The normalized spacial score (nSPS) is 14.8. The van der Waals surface area contributed by atoms with Gasteiger partial charge >= 0.3 is 6.18 Å². The van der Waals surface area contributed by atoms with Gasteiger partial charge in [-0.05, 0) is 24.3 Å². The second-order valence-electron chi connectivity index (χ2n) is 7.50. The van der Waals surface area contributed by atoms with Crippen LogP contribution in [-0.2, 0) is 42.8 Å². The van der Waals surface area contributed by atoms with Gasteiger partial charge in [0.2, 0.25) is 10.0 Å². The lowest BCUT2D eigenvalue weighted by molar-refractivity contribution is -0.137. The summed E-state index contributed by atoms with van der Waals surface area (Å²) in [5.41, 5.74) is 0.807. The molecule has 0 saturated carbocycles. The summed E-state index contributed by atoms with van der Waals surface area (Å²) in [6, 6.07) is 6.05. The monoisotopic (exact) mass is 487 g/mol. The molecule has 0 fully saturated rings.